The molecule has 0 fully saturated rings. The maximum Gasteiger partial charge on any atom is 0.0991 e. The van der Waals surface area contributed by atoms with Crippen LogP contribution in [0.4, 0.5) is 0 Å². The minimum atomic E-state index is 0.681. The largest absolute Gasteiger partial charge is 0.192 e. The van der Waals surface area contributed by atoms with Crippen LogP contribution in [0.3, 0.4) is 0 Å². The average molecular weight is 249 g/mol. The Labute approximate surface area is 116 Å². The zero-order valence-electron chi connectivity index (χ0n) is 11.6. The minimum absolute atomic E-state index is 0.681. The molecule has 0 bridgehead atoms. The lowest BCUT2D eigenvalue weighted by Crippen LogP contribution is -1.82. The fourth-order valence-electron chi connectivity index (χ4n) is 1.57. The summed E-state index contributed by atoms with van der Waals surface area (Å²) in [7, 11) is 0. The van der Waals surface area contributed by atoms with E-state index in [1.165, 1.54) is 0 Å². The van der Waals surface area contributed by atoms with Crippen molar-refractivity contribution in [2.75, 3.05) is 0 Å². The van der Waals surface area contributed by atoms with E-state index in [0.717, 1.165) is 30.4 Å². The van der Waals surface area contributed by atoms with Gasteiger partial charge in [-0.25, -0.2) is 0 Å². The molecule has 0 radical (unpaired) electrons. The van der Waals surface area contributed by atoms with E-state index < -0.39 is 0 Å². The van der Waals surface area contributed by atoms with Gasteiger partial charge in [-0.3, -0.25) is 0 Å². The molecule has 0 aliphatic heterocycles. The summed E-state index contributed by atoms with van der Waals surface area (Å²) in [5.41, 5.74) is 2.87. The first-order valence-electron chi connectivity index (χ1n) is 6.67. The summed E-state index contributed by atoms with van der Waals surface area (Å²) in [5, 5.41) is 8.81. The molecule has 96 valence electrons. The van der Waals surface area contributed by atoms with E-state index in [0.29, 0.717) is 5.56 Å². The predicted octanol–water partition coefficient (Wildman–Crippen LogP) is 4.71. The molecule has 0 unspecified atom stereocenters. The van der Waals surface area contributed by atoms with Gasteiger partial charge in [0.25, 0.3) is 0 Å². The number of nitrogens with zero attached hydrogens (tertiary/aromatic N) is 1. The third kappa shape index (κ3) is 5.28. The first kappa shape index (κ1) is 14.8. The highest BCUT2D eigenvalue weighted by Crippen LogP contribution is 2.17. The maximum absolute atomic E-state index is 8.81. The summed E-state index contributed by atoms with van der Waals surface area (Å²) >= 11 is 0. The lowest BCUT2D eigenvalue weighted by Gasteiger charge is -2.01. The molecule has 0 N–H and O–H groups in total. The third-order valence-corrected chi connectivity index (χ3v) is 2.61. The fraction of sp³-hybridized carbons (Fsp3) is 0.278. The first-order chi connectivity index (χ1) is 9.31. The van der Waals surface area contributed by atoms with E-state index in [1.807, 2.05) is 37.3 Å². The van der Waals surface area contributed by atoms with Crippen LogP contribution in [0.25, 0.3) is 5.57 Å². The highest BCUT2D eigenvalue weighted by atomic mass is 14.2. The van der Waals surface area contributed by atoms with Gasteiger partial charge in [-0.15, -0.1) is 0 Å². The van der Waals surface area contributed by atoms with Crippen molar-refractivity contribution in [1.29, 1.82) is 5.26 Å². The molecule has 1 aromatic carbocycles. The molecule has 0 aromatic heterocycles. The molecule has 0 spiro atoms. The Morgan fingerprint density at radius 1 is 1.21 bits per heavy atom. The third-order valence-electron chi connectivity index (χ3n) is 2.61. The van der Waals surface area contributed by atoms with E-state index >= 15 is 0 Å². The predicted molar refractivity (Wildman–Crippen MR) is 81.2 cm³/mol. The Hall–Kier alpha value is -2.25. The number of nitriles is 1. The van der Waals surface area contributed by atoms with Gasteiger partial charge in [0.2, 0.25) is 0 Å². The highest BCUT2D eigenvalue weighted by molar-refractivity contribution is 5.76. The minimum Gasteiger partial charge on any atom is -0.192 e. The molecule has 1 nitrogen and oxygen atoms in total. The number of hydrogen-bond donors (Lipinski definition) is 0. The second kappa shape index (κ2) is 8.78. The maximum atomic E-state index is 8.81. The van der Waals surface area contributed by atoms with Gasteiger partial charge in [-0.05, 0) is 35.8 Å². The molecule has 0 atom stereocenters. The van der Waals surface area contributed by atoms with Crippen LogP contribution in [0.1, 0.15) is 44.2 Å². The van der Waals surface area contributed by atoms with E-state index in [9.17, 15) is 0 Å². The van der Waals surface area contributed by atoms with Gasteiger partial charge in [0.1, 0.15) is 0 Å². The monoisotopic (exact) mass is 249 g/mol. The van der Waals surface area contributed by atoms with Crippen molar-refractivity contribution >= 4 is 5.57 Å². The number of benzene rings is 1. The summed E-state index contributed by atoms with van der Waals surface area (Å²) in [6.07, 6.45) is 9.27. The molecule has 0 heterocycles. The van der Waals surface area contributed by atoms with Crippen LogP contribution >= 0.6 is 0 Å². The fourth-order valence-corrected chi connectivity index (χ4v) is 1.57. The summed E-state index contributed by atoms with van der Waals surface area (Å²) < 4.78 is 0. The molecule has 0 aliphatic carbocycles. The van der Waals surface area contributed by atoms with Crippen LogP contribution in [0.2, 0.25) is 0 Å². The Bertz CT molecular complexity index is 542. The van der Waals surface area contributed by atoms with Crippen molar-refractivity contribution in [2.24, 2.45) is 0 Å². The second-order valence-corrected chi connectivity index (χ2v) is 4.15. The SMILES string of the molecule is CCC#C/C=C(\C=C/CCC)c1ccc(C#N)cc1. The molecule has 19 heavy (non-hydrogen) atoms. The quantitative estimate of drug-likeness (QED) is 0.560. The summed E-state index contributed by atoms with van der Waals surface area (Å²) in [6, 6.07) is 9.74. The molecule has 0 amide bonds. The molecule has 1 aromatic rings. The van der Waals surface area contributed by atoms with Crippen LogP contribution in [0, 0.1) is 23.2 Å². The van der Waals surface area contributed by atoms with Crippen molar-refractivity contribution in [3.63, 3.8) is 0 Å². The van der Waals surface area contributed by atoms with Gasteiger partial charge in [-0.2, -0.15) is 5.26 Å². The van der Waals surface area contributed by atoms with Crippen LogP contribution in [-0.4, -0.2) is 0 Å². The Morgan fingerprint density at radius 3 is 2.53 bits per heavy atom. The zero-order valence-corrected chi connectivity index (χ0v) is 11.6. The van der Waals surface area contributed by atoms with Crippen LogP contribution in [0.15, 0.2) is 42.5 Å². The molecule has 1 heteroatoms. The highest BCUT2D eigenvalue weighted by Gasteiger charge is 1.97. The van der Waals surface area contributed by atoms with Gasteiger partial charge >= 0.3 is 0 Å². The Balaban J connectivity index is 3.01. The molecular formula is C18H19N. The van der Waals surface area contributed by atoms with Crippen molar-refractivity contribution in [3.8, 4) is 17.9 Å². The second-order valence-electron chi connectivity index (χ2n) is 4.15. The lowest BCUT2D eigenvalue weighted by molar-refractivity contribution is 0.959. The van der Waals surface area contributed by atoms with Gasteiger partial charge in [-0.1, -0.05) is 56.4 Å². The van der Waals surface area contributed by atoms with Gasteiger partial charge < -0.3 is 0 Å². The summed E-state index contributed by atoms with van der Waals surface area (Å²) in [4.78, 5) is 0. The van der Waals surface area contributed by atoms with Gasteiger partial charge in [0.05, 0.1) is 11.6 Å². The number of rotatable bonds is 4. The summed E-state index contributed by atoms with van der Waals surface area (Å²) in [6.45, 7) is 4.20. The van der Waals surface area contributed by atoms with Crippen LogP contribution in [-0.2, 0) is 0 Å². The molecule has 0 saturated carbocycles. The molecular weight excluding hydrogens is 230 g/mol. The molecule has 0 saturated heterocycles. The standard InChI is InChI=1S/C18H19N/c1-3-5-7-9-17(10-8-6-4-2)18-13-11-16(15-19)12-14-18/h7,9-14H,3-5H2,1-2H3/b9-7-,17-10+. The van der Waals surface area contributed by atoms with Gasteiger partial charge in [0, 0.05) is 6.42 Å². The van der Waals surface area contributed by atoms with Crippen LogP contribution < -0.4 is 0 Å². The van der Waals surface area contributed by atoms with Crippen molar-refractivity contribution in [3.05, 3.63) is 53.6 Å². The molecule has 1 rings (SSSR count). The number of allylic oxidation sites excluding steroid dienone is 4. The first-order valence-corrected chi connectivity index (χ1v) is 6.67. The van der Waals surface area contributed by atoms with Gasteiger partial charge in [0.15, 0.2) is 0 Å². The van der Waals surface area contributed by atoms with Crippen molar-refractivity contribution in [2.45, 2.75) is 33.1 Å². The van der Waals surface area contributed by atoms with E-state index in [1.54, 1.807) is 0 Å². The Morgan fingerprint density at radius 2 is 1.95 bits per heavy atom. The number of unbranched alkanes of at least 4 members (excludes halogenated alkanes) is 1. The zero-order chi connectivity index (χ0) is 13.9. The van der Waals surface area contributed by atoms with E-state index in [-0.39, 0.29) is 0 Å². The van der Waals surface area contributed by atoms with Crippen molar-refractivity contribution in [1.82, 2.24) is 0 Å². The number of hydrogen-bond acceptors (Lipinski definition) is 1. The molecule has 0 aliphatic rings. The van der Waals surface area contributed by atoms with Crippen LogP contribution in [0.5, 0.6) is 0 Å². The summed E-state index contributed by atoms with van der Waals surface area (Å²) in [5.74, 6) is 6.11. The van der Waals surface area contributed by atoms with E-state index in [2.05, 4.69) is 37.0 Å². The average Bonchev–Trinajstić information content (AvgIpc) is 2.46. The van der Waals surface area contributed by atoms with E-state index in [4.69, 9.17) is 5.26 Å². The topological polar surface area (TPSA) is 23.8 Å². The van der Waals surface area contributed by atoms with Crippen molar-refractivity contribution < 1.29 is 0 Å². The normalized spacial score (nSPS) is 10.9. The Kier molecular flexibility index (Phi) is 6.85. The lowest BCUT2D eigenvalue weighted by atomic mass is 10.0. The smallest absolute Gasteiger partial charge is 0.0991 e.